The van der Waals surface area contributed by atoms with Gasteiger partial charge < -0.3 is 4.74 Å². The highest BCUT2D eigenvalue weighted by atomic mass is 16.5. The molecule has 0 heterocycles. The number of hydrogen-bond acceptors (Lipinski definition) is 3. The Hall–Kier alpha value is -0.880. The molecule has 0 bridgehead atoms. The molecule has 1 saturated carbocycles. The lowest BCUT2D eigenvalue weighted by molar-refractivity contribution is -0.119. The summed E-state index contributed by atoms with van der Waals surface area (Å²) in [5.74, 6) is 0.869. The summed E-state index contributed by atoms with van der Waals surface area (Å²) in [4.78, 5) is 11.9. The molecule has 0 saturated heterocycles. The highest BCUT2D eigenvalue weighted by molar-refractivity contribution is 5.78. The third-order valence-electron chi connectivity index (χ3n) is 4.83. The van der Waals surface area contributed by atoms with Crippen LogP contribution in [0.15, 0.2) is 0 Å². The van der Waals surface area contributed by atoms with E-state index < -0.39 is 0 Å². The van der Waals surface area contributed by atoms with Crippen molar-refractivity contribution in [3.63, 3.8) is 0 Å². The fourth-order valence-corrected chi connectivity index (χ4v) is 3.32. The van der Waals surface area contributed by atoms with Gasteiger partial charge >= 0.3 is 0 Å². The molecule has 120 valence electrons. The van der Waals surface area contributed by atoms with Gasteiger partial charge in [-0.2, -0.15) is 5.26 Å². The molecule has 1 atom stereocenters. The normalized spacial score (nSPS) is 23.5. The van der Waals surface area contributed by atoms with E-state index in [1.54, 1.807) is 7.11 Å². The molecule has 0 aromatic rings. The van der Waals surface area contributed by atoms with Gasteiger partial charge in [-0.25, -0.2) is 0 Å². The topological polar surface area (TPSA) is 50.1 Å². The van der Waals surface area contributed by atoms with Crippen LogP contribution in [0.25, 0.3) is 0 Å². The van der Waals surface area contributed by atoms with Gasteiger partial charge in [-0.3, -0.25) is 4.79 Å². The molecule has 1 fully saturated rings. The lowest BCUT2D eigenvalue weighted by Gasteiger charge is -2.30. The number of unbranched alkanes of at least 4 members (excludes halogenated alkanes) is 3. The summed E-state index contributed by atoms with van der Waals surface area (Å²) in [6, 6.07) is 2.44. The second-order valence-electron chi connectivity index (χ2n) is 6.40. The lowest BCUT2D eigenvalue weighted by Crippen LogP contribution is -2.25. The van der Waals surface area contributed by atoms with Crippen molar-refractivity contribution < 1.29 is 9.53 Å². The average Bonchev–Trinajstić information content (AvgIpc) is 2.52. The van der Waals surface area contributed by atoms with E-state index in [1.165, 1.54) is 12.8 Å². The van der Waals surface area contributed by atoms with Crippen LogP contribution >= 0.6 is 0 Å². The van der Waals surface area contributed by atoms with E-state index in [9.17, 15) is 10.1 Å². The largest absolute Gasteiger partial charge is 0.381 e. The van der Waals surface area contributed by atoms with Crippen molar-refractivity contribution in [1.82, 2.24) is 0 Å². The maximum absolute atomic E-state index is 11.9. The number of methoxy groups -OCH3 is 1. The van der Waals surface area contributed by atoms with E-state index in [0.29, 0.717) is 30.6 Å². The number of rotatable bonds is 10. The zero-order valence-electron chi connectivity index (χ0n) is 13.8. The van der Waals surface area contributed by atoms with Crippen LogP contribution in [0.3, 0.4) is 0 Å². The van der Waals surface area contributed by atoms with E-state index in [1.807, 2.05) is 0 Å². The SMILES string of the molecule is CCCCCCC(=O)CCC(C#N)C1CCC(OC)CC1. The van der Waals surface area contributed by atoms with Crippen LogP contribution in [-0.4, -0.2) is 19.0 Å². The molecule has 1 rings (SSSR count). The van der Waals surface area contributed by atoms with E-state index in [4.69, 9.17) is 4.74 Å². The van der Waals surface area contributed by atoms with Crippen LogP contribution in [0.1, 0.15) is 77.6 Å². The predicted octanol–water partition coefficient (Wildman–Crippen LogP) is 4.65. The summed E-state index contributed by atoms with van der Waals surface area (Å²) < 4.78 is 5.38. The minimum atomic E-state index is 0.0578. The van der Waals surface area contributed by atoms with Crippen LogP contribution in [0.4, 0.5) is 0 Å². The highest BCUT2D eigenvalue weighted by Crippen LogP contribution is 2.33. The predicted molar refractivity (Wildman–Crippen MR) is 84.9 cm³/mol. The molecule has 1 aliphatic rings. The van der Waals surface area contributed by atoms with Crippen LogP contribution in [-0.2, 0) is 9.53 Å². The first-order chi connectivity index (χ1) is 10.2. The lowest BCUT2D eigenvalue weighted by atomic mass is 9.77. The third kappa shape index (κ3) is 7.09. The van der Waals surface area contributed by atoms with Crippen LogP contribution in [0.5, 0.6) is 0 Å². The molecule has 0 spiro atoms. The van der Waals surface area contributed by atoms with Gasteiger partial charge in [0.05, 0.1) is 12.2 Å². The third-order valence-corrected chi connectivity index (χ3v) is 4.83. The molecule has 1 unspecified atom stereocenters. The smallest absolute Gasteiger partial charge is 0.132 e. The summed E-state index contributed by atoms with van der Waals surface area (Å²) in [7, 11) is 1.77. The van der Waals surface area contributed by atoms with Gasteiger partial charge in [-0.15, -0.1) is 0 Å². The summed E-state index contributed by atoms with van der Waals surface area (Å²) in [6.07, 6.45) is 11.3. The summed E-state index contributed by atoms with van der Waals surface area (Å²) in [5, 5.41) is 9.37. The number of Topliss-reactive ketones (excluding diaryl/α,β-unsaturated/α-hetero) is 1. The monoisotopic (exact) mass is 293 g/mol. The number of ether oxygens (including phenoxy) is 1. The van der Waals surface area contributed by atoms with Crippen molar-refractivity contribution in [1.29, 1.82) is 5.26 Å². The number of hydrogen-bond donors (Lipinski definition) is 0. The molecule has 0 aromatic heterocycles. The number of carbonyl (C=O) groups is 1. The molecular formula is C18H31NO2. The second-order valence-corrected chi connectivity index (χ2v) is 6.40. The minimum Gasteiger partial charge on any atom is -0.381 e. The van der Waals surface area contributed by atoms with Crippen molar-refractivity contribution in [2.24, 2.45) is 11.8 Å². The van der Waals surface area contributed by atoms with E-state index >= 15 is 0 Å². The fourth-order valence-electron chi connectivity index (χ4n) is 3.32. The quantitative estimate of drug-likeness (QED) is 0.551. The van der Waals surface area contributed by atoms with Gasteiger partial charge in [-0.1, -0.05) is 26.2 Å². The average molecular weight is 293 g/mol. The molecule has 3 nitrogen and oxygen atoms in total. The standard InChI is InChI=1S/C18H31NO2/c1-3-4-5-6-7-17(20)11-8-16(14-19)15-9-12-18(21-2)13-10-15/h15-16,18H,3-13H2,1-2H3. The molecule has 0 N–H and O–H groups in total. The minimum absolute atomic E-state index is 0.0578. The van der Waals surface area contributed by atoms with Crippen molar-refractivity contribution >= 4 is 5.78 Å². The Bertz CT molecular complexity index is 327. The van der Waals surface area contributed by atoms with Gasteiger partial charge in [0.2, 0.25) is 0 Å². The Morgan fingerprint density at radius 2 is 1.90 bits per heavy atom. The molecule has 0 amide bonds. The number of ketones is 1. The first-order valence-electron chi connectivity index (χ1n) is 8.65. The van der Waals surface area contributed by atoms with Crippen LogP contribution in [0.2, 0.25) is 0 Å². The molecule has 1 aliphatic carbocycles. The van der Waals surface area contributed by atoms with Gasteiger partial charge in [-0.05, 0) is 44.4 Å². The zero-order chi connectivity index (χ0) is 15.5. The summed E-state index contributed by atoms with van der Waals surface area (Å²) in [5.41, 5.74) is 0. The Morgan fingerprint density at radius 3 is 2.48 bits per heavy atom. The molecule has 0 aliphatic heterocycles. The van der Waals surface area contributed by atoms with Crippen LogP contribution < -0.4 is 0 Å². The molecule has 3 heteroatoms. The first kappa shape index (κ1) is 18.2. The molecule has 0 radical (unpaired) electrons. The van der Waals surface area contributed by atoms with E-state index in [-0.39, 0.29) is 5.92 Å². The maximum Gasteiger partial charge on any atom is 0.132 e. The zero-order valence-corrected chi connectivity index (χ0v) is 13.8. The second kappa shape index (κ2) is 10.8. The molecule has 0 aromatic carbocycles. The summed E-state index contributed by atoms with van der Waals surface area (Å²) >= 11 is 0. The van der Waals surface area contributed by atoms with Gasteiger partial charge in [0.1, 0.15) is 5.78 Å². The van der Waals surface area contributed by atoms with Crippen molar-refractivity contribution in [2.45, 2.75) is 83.7 Å². The van der Waals surface area contributed by atoms with Gasteiger partial charge in [0.15, 0.2) is 0 Å². The Kier molecular flexibility index (Phi) is 9.34. The van der Waals surface area contributed by atoms with Crippen LogP contribution in [0, 0.1) is 23.2 Å². The Balaban J connectivity index is 2.22. The van der Waals surface area contributed by atoms with Crippen molar-refractivity contribution in [3.05, 3.63) is 0 Å². The van der Waals surface area contributed by atoms with Crippen molar-refractivity contribution in [2.75, 3.05) is 7.11 Å². The van der Waals surface area contributed by atoms with Crippen molar-refractivity contribution in [3.8, 4) is 6.07 Å². The number of nitriles is 1. The summed E-state index contributed by atoms with van der Waals surface area (Å²) in [6.45, 7) is 2.18. The van der Waals surface area contributed by atoms with Gasteiger partial charge in [0, 0.05) is 25.9 Å². The molecule has 21 heavy (non-hydrogen) atoms. The molecular weight excluding hydrogens is 262 g/mol. The number of nitrogens with zero attached hydrogens (tertiary/aromatic N) is 1. The van der Waals surface area contributed by atoms with Gasteiger partial charge in [0.25, 0.3) is 0 Å². The number of carbonyl (C=O) groups excluding carboxylic acids is 1. The fraction of sp³-hybridized carbons (Fsp3) is 0.889. The van der Waals surface area contributed by atoms with E-state index in [2.05, 4.69) is 13.0 Å². The highest BCUT2D eigenvalue weighted by Gasteiger charge is 2.27. The Morgan fingerprint density at radius 1 is 1.19 bits per heavy atom. The Labute approximate surface area is 130 Å². The first-order valence-corrected chi connectivity index (χ1v) is 8.65. The maximum atomic E-state index is 11.9. The van der Waals surface area contributed by atoms with E-state index in [0.717, 1.165) is 44.9 Å².